The lowest BCUT2D eigenvalue weighted by Gasteiger charge is -2.32. The number of ether oxygens (including phenoxy) is 3. The smallest absolute Gasteiger partial charge is 0.457 e. The largest absolute Gasteiger partial charge is 0.458 e. The summed E-state index contributed by atoms with van der Waals surface area (Å²) < 4.78 is 28.9. The first-order valence-electron chi connectivity index (χ1n) is 16.8. The van der Waals surface area contributed by atoms with E-state index in [1.54, 1.807) is 55.4 Å². The minimum Gasteiger partial charge on any atom is -0.458 e. The minimum atomic E-state index is -1.16. The number of alkyl carbamates (subject to hydrolysis) is 2. The van der Waals surface area contributed by atoms with E-state index in [1.165, 1.54) is 0 Å². The van der Waals surface area contributed by atoms with Crippen LogP contribution in [0.1, 0.15) is 101 Å². The second-order valence-corrected chi connectivity index (χ2v) is 15.7. The molecule has 1 heterocycles. The predicted octanol–water partition coefficient (Wildman–Crippen LogP) is 5.78. The molecule has 1 aliphatic heterocycles. The van der Waals surface area contributed by atoms with Crippen molar-refractivity contribution in [3.05, 3.63) is 35.9 Å². The minimum absolute atomic E-state index is 0.00342. The molecule has 1 saturated heterocycles. The molecule has 0 saturated carbocycles. The lowest BCUT2D eigenvalue weighted by Crippen LogP contribution is -2.54. The lowest BCUT2D eigenvalue weighted by molar-refractivity contribution is -0.159. The Morgan fingerprint density at radius 1 is 0.812 bits per heavy atom. The number of rotatable bonds is 14. The van der Waals surface area contributed by atoms with E-state index in [-0.39, 0.29) is 19.1 Å². The molecule has 1 aromatic rings. The molecule has 0 aliphatic carbocycles. The predicted molar refractivity (Wildman–Crippen MR) is 184 cm³/mol. The van der Waals surface area contributed by atoms with E-state index in [2.05, 4.69) is 16.0 Å². The first-order chi connectivity index (χ1) is 22.0. The zero-order valence-electron chi connectivity index (χ0n) is 31.0. The highest BCUT2D eigenvalue weighted by Crippen LogP contribution is 2.38. The maximum absolute atomic E-state index is 13.6. The van der Waals surface area contributed by atoms with E-state index < -0.39 is 71.6 Å². The third-order valence-corrected chi connectivity index (χ3v) is 8.09. The second kappa shape index (κ2) is 16.9. The molecule has 2 rings (SSSR count). The number of esters is 1. The van der Waals surface area contributed by atoms with Crippen molar-refractivity contribution in [1.29, 1.82) is 0 Å². The quantitative estimate of drug-likeness (QED) is 0.127. The molecule has 0 unspecified atom stereocenters. The van der Waals surface area contributed by atoms with Crippen LogP contribution in [-0.4, -0.2) is 72.2 Å². The van der Waals surface area contributed by atoms with Crippen LogP contribution in [0.15, 0.2) is 30.3 Å². The SMILES string of the molecule is CC(C)[C@H](NC(=O)OC(C)(C)C)C(=O)NC[C@@H](CCCB1OC(C)(C)C(C)(C)O1)[C@H](NC(=O)OCc1ccccc1)C(=O)OC(C)(C)C. The van der Waals surface area contributed by atoms with Gasteiger partial charge in [0, 0.05) is 12.5 Å². The second-order valence-electron chi connectivity index (χ2n) is 15.7. The molecule has 1 fully saturated rings. The third kappa shape index (κ3) is 13.7. The van der Waals surface area contributed by atoms with Crippen molar-refractivity contribution >= 4 is 31.2 Å². The van der Waals surface area contributed by atoms with E-state index in [0.29, 0.717) is 19.2 Å². The molecule has 12 nitrogen and oxygen atoms in total. The molecule has 0 aromatic heterocycles. The van der Waals surface area contributed by atoms with Gasteiger partial charge in [0.15, 0.2) is 0 Å². The van der Waals surface area contributed by atoms with Crippen molar-refractivity contribution in [2.75, 3.05) is 6.54 Å². The van der Waals surface area contributed by atoms with Crippen LogP contribution in [0.25, 0.3) is 0 Å². The van der Waals surface area contributed by atoms with Gasteiger partial charge in [-0.3, -0.25) is 4.79 Å². The first-order valence-corrected chi connectivity index (χ1v) is 16.8. The van der Waals surface area contributed by atoms with Crippen LogP contribution in [0.3, 0.4) is 0 Å². The summed E-state index contributed by atoms with van der Waals surface area (Å²) in [5.41, 5.74) is -1.81. The Balaban J connectivity index is 2.29. The molecule has 13 heteroatoms. The van der Waals surface area contributed by atoms with Crippen molar-refractivity contribution in [1.82, 2.24) is 16.0 Å². The summed E-state index contributed by atoms with van der Waals surface area (Å²) in [7, 11) is -0.461. The molecule has 3 atom stereocenters. The highest BCUT2D eigenvalue weighted by molar-refractivity contribution is 6.45. The van der Waals surface area contributed by atoms with Gasteiger partial charge >= 0.3 is 25.3 Å². The standard InChI is InChI=1S/C35H58BN3O9/c1-23(2)26(38-31(43)46-33(6,7)8)28(40)37-21-25(19-16-20-36-47-34(9,10)35(11,12)48-36)27(29(41)45-32(3,4)5)39-30(42)44-22-24-17-14-13-15-18-24/h13-15,17-18,23,25-27H,16,19-22H2,1-12H3,(H,37,40)(H,38,43)(H,39,42)/t25-,26+,27+/m1/s1. The summed E-state index contributed by atoms with van der Waals surface area (Å²) in [5, 5.41) is 8.26. The first kappa shape index (κ1) is 40.9. The van der Waals surface area contributed by atoms with Gasteiger partial charge in [-0.25, -0.2) is 14.4 Å². The summed E-state index contributed by atoms with van der Waals surface area (Å²) in [6.07, 6.45) is -0.0697. The van der Waals surface area contributed by atoms with E-state index in [9.17, 15) is 19.2 Å². The van der Waals surface area contributed by atoms with Crippen molar-refractivity contribution in [3.63, 3.8) is 0 Å². The van der Waals surface area contributed by atoms with Crippen LogP contribution in [-0.2, 0) is 39.7 Å². The fourth-order valence-electron chi connectivity index (χ4n) is 4.95. The van der Waals surface area contributed by atoms with Gasteiger partial charge in [0.2, 0.25) is 5.91 Å². The normalized spacial score (nSPS) is 17.6. The summed E-state index contributed by atoms with van der Waals surface area (Å²) >= 11 is 0. The van der Waals surface area contributed by atoms with Gasteiger partial charge in [0.25, 0.3) is 0 Å². The van der Waals surface area contributed by atoms with Crippen molar-refractivity contribution in [2.24, 2.45) is 11.8 Å². The number of benzene rings is 1. The Morgan fingerprint density at radius 3 is 1.88 bits per heavy atom. The molecule has 270 valence electrons. The zero-order valence-corrected chi connectivity index (χ0v) is 31.0. The number of hydrogen-bond donors (Lipinski definition) is 3. The van der Waals surface area contributed by atoms with Gasteiger partial charge in [0.05, 0.1) is 11.2 Å². The van der Waals surface area contributed by atoms with E-state index in [4.69, 9.17) is 23.5 Å². The van der Waals surface area contributed by atoms with Gasteiger partial charge in [-0.1, -0.05) is 50.6 Å². The number of hydrogen-bond acceptors (Lipinski definition) is 9. The third-order valence-electron chi connectivity index (χ3n) is 8.09. The molecule has 0 spiro atoms. The average molecular weight is 676 g/mol. The van der Waals surface area contributed by atoms with Gasteiger partial charge in [-0.05, 0) is 93.5 Å². The molecular weight excluding hydrogens is 617 g/mol. The Bertz CT molecular complexity index is 1210. The summed E-state index contributed by atoms with van der Waals surface area (Å²) in [6.45, 7) is 21.9. The van der Waals surface area contributed by atoms with Crippen molar-refractivity contribution in [3.8, 4) is 0 Å². The average Bonchev–Trinajstić information content (AvgIpc) is 3.14. The fraction of sp³-hybridized carbons (Fsp3) is 0.714. The van der Waals surface area contributed by atoms with E-state index in [0.717, 1.165) is 5.56 Å². The van der Waals surface area contributed by atoms with Gasteiger partial charge in [0.1, 0.15) is 29.9 Å². The molecule has 3 N–H and O–H groups in total. The lowest BCUT2D eigenvalue weighted by atomic mass is 9.80. The van der Waals surface area contributed by atoms with Gasteiger partial charge < -0.3 is 39.5 Å². The molecule has 48 heavy (non-hydrogen) atoms. The summed E-state index contributed by atoms with van der Waals surface area (Å²) in [6, 6.07) is 7.10. The number of carbonyl (C=O) groups excluding carboxylic acids is 4. The molecule has 1 aromatic carbocycles. The Labute approximate surface area is 287 Å². The fourth-order valence-corrected chi connectivity index (χ4v) is 4.95. The van der Waals surface area contributed by atoms with Crippen molar-refractivity contribution in [2.45, 2.75) is 143 Å². The van der Waals surface area contributed by atoms with Crippen LogP contribution in [0.2, 0.25) is 6.32 Å². The molecule has 0 radical (unpaired) electrons. The molecular formula is C35H58BN3O9. The number of amides is 3. The summed E-state index contributed by atoms with van der Waals surface area (Å²) in [4.78, 5) is 52.7. The van der Waals surface area contributed by atoms with Crippen LogP contribution in [0, 0.1) is 11.8 Å². The monoisotopic (exact) mass is 675 g/mol. The van der Waals surface area contributed by atoms with Crippen LogP contribution >= 0.6 is 0 Å². The Kier molecular flexibility index (Phi) is 14.4. The van der Waals surface area contributed by atoms with Gasteiger partial charge in [-0.15, -0.1) is 0 Å². The van der Waals surface area contributed by atoms with Gasteiger partial charge in [-0.2, -0.15) is 0 Å². The Hall–Kier alpha value is -3.32. The zero-order chi connectivity index (χ0) is 36.5. The highest BCUT2D eigenvalue weighted by Gasteiger charge is 2.50. The summed E-state index contributed by atoms with van der Waals surface area (Å²) in [5.74, 6) is -2.01. The van der Waals surface area contributed by atoms with E-state index >= 15 is 0 Å². The van der Waals surface area contributed by atoms with E-state index in [1.807, 2.05) is 58.0 Å². The molecule has 0 bridgehead atoms. The highest BCUT2D eigenvalue weighted by atomic mass is 16.7. The molecule has 1 aliphatic rings. The van der Waals surface area contributed by atoms with Crippen LogP contribution in [0.5, 0.6) is 0 Å². The number of carbonyl (C=O) groups is 4. The van der Waals surface area contributed by atoms with Crippen LogP contribution in [0.4, 0.5) is 9.59 Å². The topological polar surface area (TPSA) is 151 Å². The number of nitrogens with one attached hydrogen (secondary N) is 3. The van der Waals surface area contributed by atoms with Crippen molar-refractivity contribution < 1.29 is 42.7 Å². The Morgan fingerprint density at radius 2 is 1.35 bits per heavy atom. The van der Waals surface area contributed by atoms with Crippen LogP contribution < -0.4 is 16.0 Å². The maximum atomic E-state index is 13.6. The maximum Gasteiger partial charge on any atom is 0.457 e. The molecule has 3 amide bonds.